The van der Waals surface area contributed by atoms with Crippen LogP contribution in [0, 0.1) is 0 Å². The summed E-state index contributed by atoms with van der Waals surface area (Å²) in [5.74, 6) is -0.600. The number of carbonyl (C=O) groups excluding carboxylic acids is 1. The lowest BCUT2D eigenvalue weighted by molar-refractivity contribution is -0.155. The molecule has 2 unspecified atom stereocenters. The molecule has 3 rings (SSSR count). The van der Waals surface area contributed by atoms with Gasteiger partial charge >= 0.3 is 11.7 Å². The highest BCUT2D eigenvalue weighted by Crippen LogP contribution is 2.43. The molecule has 2 heterocycles. The van der Waals surface area contributed by atoms with Gasteiger partial charge in [0.1, 0.15) is 17.9 Å². The molecule has 2 aromatic rings. The standard InChI is InChI=1S/C20H24FN6O9P/c1-3-33-18(30)12(2)27(36-13-7-5-4-6-8-13)37(32)34-11-20(24-25-22)16(21)15(29)17(35-20)26-10-9-14(28)23-19(26)31/h4-10,12,15-17,29,37H,3,11H2,1-2H3,(H,23,28,31)/t12?,15-,16+,17-,20-/m1/s1. The highest BCUT2D eigenvalue weighted by Gasteiger charge is 2.57. The summed E-state index contributed by atoms with van der Waals surface area (Å²) in [6.07, 6.45) is -5.28. The monoisotopic (exact) mass is 542 g/mol. The fraction of sp³-hybridized carbons (Fsp3) is 0.450. The van der Waals surface area contributed by atoms with E-state index in [1.807, 2.05) is 4.98 Å². The maximum Gasteiger partial charge on any atom is 0.330 e. The normalized spacial score (nSPS) is 24.7. The minimum atomic E-state index is -3.53. The van der Waals surface area contributed by atoms with E-state index in [0.29, 0.717) is 9.40 Å². The van der Waals surface area contributed by atoms with Crippen LogP contribution < -0.4 is 16.1 Å². The fourth-order valence-electron chi connectivity index (χ4n) is 3.36. The molecule has 1 aliphatic rings. The second-order valence-electron chi connectivity index (χ2n) is 7.67. The maximum absolute atomic E-state index is 15.2. The van der Waals surface area contributed by atoms with E-state index in [-0.39, 0.29) is 12.4 Å². The van der Waals surface area contributed by atoms with Crippen LogP contribution in [0.5, 0.6) is 5.75 Å². The van der Waals surface area contributed by atoms with Gasteiger partial charge in [0.15, 0.2) is 12.4 Å². The van der Waals surface area contributed by atoms with Crippen molar-refractivity contribution in [1.82, 2.24) is 14.4 Å². The highest BCUT2D eigenvalue weighted by molar-refractivity contribution is 7.36. The van der Waals surface area contributed by atoms with Crippen LogP contribution in [0.3, 0.4) is 0 Å². The van der Waals surface area contributed by atoms with Gasteiger partial charge in [-0.25, -0.2) is 9.18 Å². The lowest BCUT2D eigenvalue weighted by Gasteiger charge is -2.29. The predicted octanol–water partition coefficient (Wildman–Crippen LogP) is 1.42. The van der Waals surface area contributed by atoms with Crippen LogP contribution in [0.4, 0.5) is 4.39 Å². The Bertz CT molecular complexity index is 1290. The summed E-state index contributed by atoms with van der Waals surface area (Å²) in [4.78, 5) is 46.5. The summed E-state index contributed by atoms with van der Waals surface area (Å²) in [7, 11) is -3.53. The first-order valence-electron chi connectivity index (χ1n) is 10.9. The van der Waals surface area contributed by atoms with Crippen molar-refractivity contribution in [3.63, 3.8) is 0 Å². The molecule has 6 atom stereocenters. The van der Waals surface area contributed by atoms with Crippen molar-refractivity contribution in [2.24, 2.45) is 5.11 Å². The van der Waals surface area contributed by atoms with Gasteiger partial charge in [-0.2, -0.15) is 0 Å². The third kappa shape index (κ3) is 6.25. The van der Waals surface area contributed by atoms with E-state index in [2.05, 4.69) is 10.0 Å². The Kier molecular flexibility index (Phi) is 9.21. The third-order valence-electron chi connectivity index (χ3n) is 5.20. The minimum Gasteiger partial charge on any atom is -0.465 e. The number of rotatable bonds is 11. The van der Waals surface area contributed by atoms with E-state index in [4.69, 9.17) is 24.4 Å². The Labute approximate surface area is 208 Å². The van der Waals surface area contributed by atoms with Crippen molar-refractivity contribution in [2.75, 3.05) is 13.2 Å². The SMILES string of the molecule is CCOC(=O)C(C)N(Oc1ccccc1)[PH](=O)OC[C@@]1(N=[N+]=[N-])O[C@@H](n2ccc(=O)[nH]c2=O)[C@H](O)[C@@H]1F. The molecular weight excluding hydrogens is 518 g/mol. The van der Waals surface area contributed by atoms with Gasteiger partial charge in [-0.3, -0.25) is 23.7 Å². The number of ether oxygens (including phenoxy) is 2. The number of nitrogens with one attached hydrogen (secondary N) is 1. The Morgan fingerprint density at radius 3 is 2.73 bits per heavy atom. The largest absolute Gasteiger partial charge is 0.465 e. The number of aromatic amines is 1. The summed E-state index contributed by atoms with van der Waals surface area (Å²) < 4.78 is 44.7. The van der Waals surface area contributed by atoms with Gasteiger partial charge in [0, 0.05) is 17.2 Å². The lowest BCUT2D eigenvalue weighted by Crippen LogP contribution is -2.43. The van der Waals surface area contributed by atoms with Crippen molar-refractivity contribution in [1.29, 1.82) is 0 Å². The lowest BCUT2D eigenvalue weighted by atomic mass is 10.1. The Morgan fingerprint density at radius 1 is 1.41 bits per heavy atom. The second kappa shape index (κ2) is 12.1. The fourth-order valence-corrected chi connectivity index (χ4v) is 4.42. The number of aromatic nitrogens is 2. The molecule has 1 aromatic carbocycles. The van der Waals surface area contributed by atoms with Crippen LogP contribution in [0.15, 0.2) is 57.3 Å². The number of nitrogens with zero attached hydrogens (tertiary/aromatic N) is 5. The van der Waals surface area contributed by atoms with Crippen LogP contribution in [-0.2, 0) is 23.4 Å². The number of hydrogen-bond acceptors (Lipinski definition) is 10. The summed E-state index contributed by atoms with van der Waals surface area (Å²) in [5, 5.41) is 13.7. The Balaban J connectivity index is 1.85. The number of aliphatic hydroxyl groups excluding tert-OH is 1. The third-order valence-corrected chi connectivity index (χ3v) is 6.43. The molecule has 0 bridgehead atoms. The number of hydroxylamine groups is 1. The van der Waals surface area contributed by atoms with Crippen molar-refractivity contribution in [3.8, 4) is 5.75 Å². The van der Waals surface area contributed by atoms with E-state index in [0.717, 1.165) is 12.3 Å². The van der Waals surface area contributed by atoms with Crippen LogP contribution in [0.25, 0.3) is 10.4 Å². The number of halogens is 1. The van der Waals surface area contributed by atoms with Gasteiger partial charge in [0.25, 0.3) is 13.7 Å². The van der Waals surface area contributed by atoms with Crippen LogP contribution in [0.1, 0.15) is 20.1 Å². The molecule has 0 amide bonds. The number of para-hydroxylation sites is 1. The first kappa shape index (κ1) is 28.1. The quantitative estimate of drug-likeness (QED) is 0.105. The Hall–Kier alpha value is -3.52. The molecule has 1 aromatic heterocycles. The molecule has 0 spiro atoms. The molecular formula is C20H24FN6O9P. The number of carbonyl (C=O) groups is 1. The van der Waals surface area contributed by atoms with Crippen molar-refractivity contribution < 1.29 is 37.7 Å². The van der Waals surface area contributed by atoms with Gasteiger partial charge in [-0.15, -0.1) is 0 Å². The van der Waals surface area contributed by atoms with Crippen LogP contribution in [0.2, 0.25) is 0 Å². The number of hydrogen-bond donors (Lipinski definition) is 2. The molecule has 0 aliphatic carbocycles. The zero-order valence-electron chi connectivity index (χ0n) is 19.6. The van der Waals surface area contributed by atoms with E-state index in [9.17, 15) is 24.1 Å². The zero-order chi connectivity index (χ0) is 27.2. The summed E-state index contributed by atoms with van der Waals surface area (Å²) >= 11 is 0. The molecule has 1 aliphatic heterocycles. The topological polar surface area (TPSA) is 198 Å². The van der Waals surface area contributed by atoms with E-state index < -0.39 is 62.3 Å². The molecule has 0 saturated carbocycles. The smallest absolute Gasteiger partial charge is 0.330 e. The summed E-state index contributed by atoms with van der Waals surface area (Å²) in [6, 6.07) is 7.66. The molecule has 17 heteroatoms. The average molecular weight is 542 g/mol. The van der Waals surface area contributed by atoms with E-state index in [1.54, 1.807) is 25.1 Å². The number of alkyl halides is 1. The molecule has 0 radical (unpaired) electrons. The minimum absolute atomic E-state index is 0.0326. The van der Waals surface area contributed by atoms with Gasteiger partial charge in [-0.1, -0.05) is 28.1 Å². The average Bonchev–Trinajstić information content (AvgIpc) is 3.12. The van der Waals surface area contributed by atoms with Crippen LogP contribution in [-0.4, -0.2) is 62.7 Å². The van der Waals surface area contributed by atoms with Crippen molar-refractivity contribution in [2.45, 2.75) is 44.1 Å². The summed E-state index contributed by atoms with van der Waals surface area (Å²) in [5.41, 5.74) is 4.68. The maximum atomic E-state index is 15.2. The van der Waals surface area contributed by atoms with Gasteiger partial charge in [0.2, 0.25) is 5.72 Å². The molecule has 1 saturated heterocycles. The van der Waals surface area contributed by atoms with Crippen molar-refractivity contribution >= 4 is 14.1 Å². The molecule has 2 N–H and O–H groups in total. The molecule has 15 nitrogen and oxygen atoms in total. The van der Waals surface area contributed by atoms with Gasteiger partial charge in [-0.05, 0) is 31.5 Å². The number of esters is 1. The first-order chi connectivity index (χ1) is 17.6. The van der Waals surface area contributed by atoms with Gasteiger partial charge in [0.05, 0.1) is 13.2 Å². The van der Waals surface area contributed by atoms with E-state index >= 15 is 4.39 Å². The number of aliphatic hydroxyl groups is 1. The van der Waals surface area contributed by atoms with Crippen LogP contribution >= 0.6 is 8.18 Å². The number of H-pyrrole nitrogens is 1. The summed E-state index contributed by atoms with van der Waals surface area (Å²) in [6.45, 7) is 1.93. The molecule has 1 fully saturated rings. The zero-order valence-corrected chi connectivity index (χ0v) is 20.6. The Morgan fingerprint density at radius 2 is 2.11 bits per heavy atom. The predicted molar refractivity (Wildman–Crippen MR) is 124 cm³/mol. The molecule has 200 valence electrons. The van der Waals surface area contributed by atoms with Gasteiger partial charge < -0.3 is 23.9 Å². The number of azide groups is 1. The highest BCUT2D eigenvalue weighted by atomic mass is 31.1. The first-order valence-corrected chi connectivity index (χ1v) is 12.1. The van der Waals surface area contributed by atoms with E-state index in [1.165, 1.54) is 19.1 Å². The number of benzene rings is 1. The molecule has 37 heavy (non-hydrogen) atoms. The second-order valence-corrected chi connectivity index (χ2v) is 8.93. The van der Waals surface area contributed by atoms with Crippen molar-refractivity contribution in [3.05, 3.63) is 73.9 Å².